The Morgan fingerprint density at radius 1 is 1.27 bits per heavy atom. The van der Waals surface area contributed by atoms with Crippen LogP contribution >= 0.6 is 0 Å². The molecule has 1 amide bonds. The van der Waals surface area contributed by atoms with E-state index in [0.29, 0.717) is 18.1 Å². The predicted molar refractivity (Wildman–Crippen MR) is 98.0 cm³/mol. The smallest absolute Gasteiger partial charge is 0.270 e. The van der Waals surface area contributed by atoms with Crippen LogP contribution in [0.4, 0.5) is 0 Å². The van der Waals surface area contributed by atoms with Crippen molar-refractivity contribution in [1.82, 2.24) is 15.1 Å². The number of hydrogen-bond donors (Lipinski definition) is 2. The van der Waals surface area contributed by atoms with E-state index in [0.717, 1.165) is 29.3 Å². The van der Waals surface area contributed by atoms with Crippen molar-refractivity contribution < 1.29 is 14.6 Å². The predicted octanol–water partition coefficient (Wildman–Crippen LogP) is 2.41. The SMILES string of the molecule is Cn1nc2ccc(OCc3ccccc3)cc2c1C(=O)NC1(CO)CC1. The highest BCUT2D eigenvalue weighted by atomic mass is 16.5. The summed E-state index contributed by atoms with van der Waals surface area (Å²) in [4.78, 5) is 12.7. The minimum atomic E-state index is -0.463. The fourth-order valence-corrected chi connectivity index (χ4v) is 3.05. The molecule has 1 aromatic heterocycles. The van der Waals surface area contributed by atoms with E-state index in [-0.39, 0.29) is 12.5 Å². The number of aliphatic hydroxyl groups excluding tert-OH is 1. The number of aryl methyl sites for hydroxylation is 1. The first-order valence-electron chi connectivity index (χ1n) is 8.67. The summed E-state index contributed by atoms with van der Waals surface area (Å²) in [5.41, 5.74) is 1.83. The molecule has 0 saturated heterocycles. The summed E-state index contributed by atoms with van der Waals surface area (Å²) in [7, 11) is 1.75. The highest BCUT2D eigenvalue weighted by Crippen LogP contribution is 2.35. The molecule has 0 unspecified atom stereocenters. The molecule has 26 heavy (non-hydrogen) atoms. The second-order valence-electron chi connectivity index (χ2n) is 6.82. The van der Waals surface area contributed by atoms with Crippen molar-refractivity contribution in [1.29, 1.82) is 0 Å². The van der Waals surface area contributed by atoms with Crippen LogP contribution in [0.15, 0.2) is 48.5 Å². The number of fused-ring (bicyclic) bond motifs is 1. The summed E-state index contributed by atoms with van der Waals surface area (Å²) in [6, 6.07) is 15.5. The Kier molecular flexibility index (Phi) is 4.12. The first-order chi connectivity index (χ1) is 12.6. The van der Waals surface area contributed by atoms with Gasteiger partial charge in [-0.25, -0.2) is 0 Å². The van der Waals surface area contributed by atoms with Crippen LogP contribution in [0.2, 0.25) is 0 Å². The van der Waals surface area contributed by atoms with Crippen molar-refractivity contribution in [3.05, 3.63) is 59.8 Å². The highest BCUT2D eigenvalue weighted by Gasteiger charge is 2.44. The monoisotopic (exact) mass is 351 g/mol. The van der Waals surface area contributed by atoms with Gasteiger partial charge in [0.1, 0.15) is 18.1 Å². The number of aromatic nitrogens is 2. The number of hydrogen-bond acceptors (Lipinski definition) is 4. The van der Waals surface area contributed by atoms with Gasteiger partial charge in [-0.3, -0.25) is 9.48 Å². The number of benzene rings is 2. The van der Waals surface area contributed by atoms with Crippen LogP contribution in [-0.2, 0) is 13.7 Å². The van der Waals surface area contributed by atoms with Gasteiger partial charge in [-0.05, 0) is 36.6 Å². The van der Waals surface area contributed by atoms with E-state index in [1.54, 1.807) is 11.7 Å². The van der Waals surface area contributed by atoms with Gasteiger partial charge in [0.05, 0.1) is 17.7 Å². The molecule has 1 heterocycles. The molecule has 3 aromatic rings. The van der Waals surface area contributed by atoms with Gasteiger partial charge in [0.2, 0.25) is 0 Å². The Labute approximate surface area is 151 Å². The minimum Gasteiger partial charge on any atom is -0.489 e. The van der Waals surface area contributed by atoms with E-state index < -0.39 is 5.54 Å². The zero-order chi connectivity index (χ0) is 18.1. The Balaban J connectivity index is 1.59. The molecular formula is C20H21N3O3. The molecule has 2 N–H and O–H groups in total. The van der Waals surface area contributed by atoms with Crippen molar-refractivity contribution in [2.75, 3.05) is 6.61 Å². The zero-order valence-corrected chi connectivity index (χ0v) is 14.6. The van der Waals surface area contributed by atoms with Gasteiger partial charge >= 0.3 is 0 Å². The molecule has 0 spiro atoms. The van der Waals surface area contributed by atoms with E-state index in [1.165, 1.54) is 0 Å². The lowest BCUT2D eigenvalue weighted by molar-refractivity contribution is 0.0899. The fourth-order valence-electron chi connectivity index (χ4n) is 3.05. The average Bonchev–Trinajstić information content (AvgIpc) is 3.34. The molecule has 0 radical (unpaired) electrons. The second-order valence-corrected chi connectivity index (χ2v) is 6.82. The van der Waals surface area contributed by atoms with Gasteiger partial charge in [0, 0.05) is 12.4 Å². The number of amides is 1. The van der Waals surface area contributed by atoms with Gasteiger partial charge in [-0.2, -0.15) is 5.10 Å². The Morgan fingerprint density at radius 2 is 2.04 bits per heavy atom. The van der Waals surface area contributed by atoms with Crippen molar-refractivity contribution >= 4 is 16.8 Å². The molecule has 4 rings (SSSR count). The van der Waals surface area contributed by atoms with Crippen LogP contribution in [0.25, 0.3) is 10.9 Å². The molecule has 0 atom stereocenters. The maximum atomic E-state index is 12.7. The summed E-state index contributed by atoms with van der Waals surface area (Å²) < 4.78 is 7.45. The first-order valence-corrected chi connectivity index (χ1v) is 8.67. The molecule has 134 valence electrons. The van der Waals surface area contributed by atoms with E-state index in [4.69, 9.17) is 4.74 Å². The normalized spacial score (nSPS) is 15.0. The zero-order valence-electron chi connectivity index (χ0n) is 14.6. The Bertz CT molecular complexity index is 946. The lowest BCUT2D eigenvalue weighted by atomic mass is 10.1. The number of ether oxygens (including phenoxy) is 1. The summed E-state index contributed by atoms with van der Waals surface area (Å²) in [5, 5.41) is 17.5. The molecule has 0 aliphatic heterocycles. The van der Waals surface area contributed by atoms with Gasteiger partial charge < -0.3 is 15.2 Å². The third-order valence-electron chi connectivity index (χ3n) is 4.80. The van der Waals surface area contributed by atoms with E-state index >= 15 is 0 Å². The number of carbonyl (C=O) groups excluding carboxylic acids is 1. The van der Waals surface area contributed by atoms with Crippen LogP contribution in [0.1, 0.15) is 28.9 Å². The molecule has 6 heteroatoms. The molecule has 1 aliphatic rings. The third-order valence-corrected chi connectivity index (χ3v) is 4.80. The number of nitrogens with one attached hydrogen (secondary N) is 1. The maximum absolute atomic E-state index is 12.7. The van der Waals surface area contributed by atoms with Crippen molar-refractivity contribution in [2.45, 2.75) is 25.0 Å². The average molecular weight is 351 g/mol. The van der Waals surface area contributed by atoms with Crippen LogP contribution < -0.4 is 10.1 Å². The van der Waals surface area contributed by atoms with Crippen LogP contribution in [0, 0.1) is 0 Å². The first kappa shape index (κ1) is 16.6. The lowest BCUT2D eigenvalue weighted by Gasteiger charge is -2.14. The van der Waals surface area contributed by atoms with Gasteiger partial charge in [0.25, 0.3) is 5.91 Å². The molecule has 1 aliphatic carbocycles. The molecule has 6 nitrogen and oxygen atoms in total. The highest BCUT2D eigenvalue weighted by molar-refractivity contribution is 6.05. The lowest BCUT2D eigenvalue weighted by Crippen LogP contribution is -2.40. The molecule has 2 aromatic carbocycles. The summed E-state index contributed by atoms with van der Waals surface area (Å²) >= 11 is 0. The van der Waals surface area contributed by atoms with Crippen molar-refractivity contribution in [3.63, 3.8) is 0 Å². The molecule has 0 bridgehead atoms. The quantitative estimate of drug-likeness (QED) is 0.715. The van der Waals surface area contributed by atoms with Crippen LogP contribution in [0.3, 0.4) is 0 Å². The van der Waals surface area contributed by atoms with Crippen molar-refractivity contribution in [2.24, 2.45) is 7.05 Å². The number of carbonyl (C=O) groups is 1. The molecule has 1 fully saturated rings. The second kappa shape index (κ2) is 6.46. The van der Waals surface area contributed by atoms with Crippen LogP contribution in [0.5, 0.6) is 5.75 Å². The van der Waals surface area contributed by atoms with E-state index in [1.807, 2.05) is 48.5 Å². The third kappa shape index (κ3) is 3.15. The number of rotatable bonds is 6. The number of nitrogens with zero attached hydrogens (tertiary/aromatic N) is 2. The Morgan fingerprint density at radius 3 is 2.73 bits per heavy atom. The fraction of sp³-hybridized carbons (Fsp3) is 0.300. The summed E-state index contributed by atoms with van der Waals surface area (Å²) in [6.45, 7) is 0.418. The summed E-state index contributed by atoms with van der Waals surface area (Å²) in [5.74, 6) is 0.466. The molecular weight excluding hydrogens is 330 g/mol. The largest absolute Gasteiger partial charge is 0.489 e. The number of aliphatic hydroxyl groups is 1. The standard InChI is InChI=1S/C20H21N3O3/c1-23-18(19(25)21-20(13-24)9-10-20)16-11-15(7-8-17(16)22-23)26-12-14-5-3-2-4-6-14/h2-8,11,24H,9-10,12-13H2,1H3,(H,21,25). The van der Waals surface area contributed by atoms with Gasteiger partial charge in [-0.1, -0.05) is 30.3 Å². The van der Waals surface area contributed by atoms with Gasteiger partial charge in [-0.15, -0.1) is 0 Å². The Hall–Kier alpha value is -2.86. The van der Waals surface area contributed by atoms with Gasteiger partial charge in [0.15, 0.2) is 0 Å². The van der Waals surface area contributed by atoms with E-state index in [9.17, 15) is 9.90 Å². The summed E-state index contributed by atoms with van der Waals surface area (Å²) in [6.07, 6.45) is 1.60. The topological polar surface area (TPSA) is 76.4 Å². The van der Waals surface area contributed by atoms with Crippen molar-refractivity contribution in [3.8, 4) is 5.75 Å². The van der Waals surface area contributed by atoms with Crippen LogP contribution in [-0.4, -0.2) is 32.9 Å². The minimum absolute atomic E-state index is 0.0417. The maximum Gasteiger partial charge on any atom is 0.270 e. The van der Waals surface area contributed by atoms with E-state index in [2.05, 4.69) is 10.4 Å². The molecule has 1 saturated carbocycles.